The number of rotatable bonds is 8. The third-order valence-corrected chi connectivity index (χ3v) is 6.58. The van der Waals surface area contributed by atoms with Crippen molar-refractivity contribution in [2.24, 2.45) is 0 Å². The van der Waals surface area contributed by atoms with Crippen molar-refractivity contribution in [2.45, 2.75) is 63.6 Å². The van der Waals surface area contributed by atoms with Crippen LogP contribution < -0.4 is 14.8 Å². The predicted octanol–water partition coefficient (Wildman–Crippen LogP) is 4.80. The van der Waals surface area contributed by atoms with E-state index in [1.54, 1.807) is 7.11 Å². The number of hydrogen-bond donors (Lipinski definition) is 2. The summed E-state index contributed by atoms with van der Waals surface area (Å²) in [6.45, 7) is 4.32. The van der Waals surface area contributed by atoms with Gasteiger partial charge in [0.05, 0.1) is 19.2 Å². The molecular formula is C25H32F3N3O4. The Morgan fingerprint density at radius 1 is 1.14 bits per heavy atom. The lowest BCUT2D eigenvalue weighted by atomic mass is 10.0. The molecule has 0 radical (unpaired) electrons. The molecule has 0 atom stereocenters. The minimum atomic E-state index is -5.08. The largest absolute Gasteiger partial charge is 0.493 e. The third kappa shape index (κ3) is 6.48. The van der Waals surface area contributed by atoms with E-state index in [0.717, 1.165) is 55.2 Å². The number of aryl methyl sites for hydroxylation is 1. The molecule has 7 nitrogen and oxygen atoms in total. The lowest BCUT2D eigenvalue weighted by Gasteiger charge is -2.17. The summed E-state index contributed by atoms with van der Waals surface area (Å²) in [5.74, 6) is -0.00753. The lowest BCUT2D eigenvalue weighted by Crippen LogP contribution is -2.21. The Bertz CT molecular complexity index is 1050. The minimum absolute atomic E-state index is 0.620. The first-order valence-corrected chi connectivity index (χ1v) is 12.2. The van der Waals surface area contributed by atoms with Gasteiger partial charge in [0, 0.05) is 24.0 Å². The molecular weight excluding hydrogens is 463 g/mol. The zero-order valence-corrected chi connectivity index (χ0v) is 19.9. The molecule has 1 aliphatic heterocycles. The average molecular weight is 496 g/mol. The molecule has 0 bridgehead atoms. The number of methoxy groups -OCH3 is 1. The van der Waals surface area contributed by atoms with E-state index >= 15 is 0 Å². The van der Waals surface area contributed by atoms with Crippen LogP contribution >= 0.6 is 0 Å². The Morgan fingerprint density at radius 2 is 1.83 bits per heavy atom. The van der Waals surface area contributed by atoms with Gasteiger partial charge in [-0.2, -0.15) is 13.2 Å². The Kier molecular flexibility index (Phi) is 7.88. The van der Waals surface area contributed by atoms with E-state index in [9.17, 15) is 13.2 Å². The van der Waals surface area contributed by atoms with E-state index in [4.69, 9.17) is 24.4 Å². The van der Waals surface area contributed by atoms with Gasteiger partial charge >= 0.3 is 12.1 Å². The number of aliphatic carboxylic acids is 1. The number of alkyl halides is 3. The van der Waals surface area contributed by atoms with Gasteiger partial charge in [-0.25, -0.2) is 9.78 Å². The van der Waals surface area contributed by atoms with E-state index in [0.29, 0.717) is 6.04 Å². The molecule has 2 aromatic rings. The molecule has 0 spiro atoms. The maximum absolute atomic E-state index is 10.6. The third-order valence-electron chi connectivity index (χ3n) is 6.58. The van der Waals surface area contributed by atoms with Crippen LogP contribution in [0.2, 0.25) is 0 Å². The Morgan fingerprint density at radius 3 is 2.46 bits per heavy atom. The van der Waals surface area contributed by atoms with E-state index in [-0.39, 0.29) is 0 Å². The first kappa shape index (κ1) is 25.3. The first-order valence-electron chi connectivity index (χ1n) is 12.2. The molecule has 1 saturated heterocycles. The highest BCUT2D eigenvalue weighted by atomic mass is 19.4. The van der Waals surface area contributed by atoms with E-state index in [1.165, 1.54) is 61.7 Å². The Balaban J connectivity index is 0.000000364. The summed E-state index contributed by atoms with van der Waals surface area (Å²) in [5.41, 5.74) is 3.90. The topological polar surface area (TPSA) is 83.9 Å². The van der Waals surface area contributed by atoms with Crippen molar-refractivity contribution in [3.8, 4) is 11.5 Å². The predicted molar refractivity (Wildman–Crippen MR) is 126 cm³/mol. The van der Waals surface area contributed by atoms with Crippen molar-refractivity contribution in [3.63, 3.8) is 0 Å². The number of aromatic nitrogens is 1. The van der Waals surface area contributed by atoms with Gasteiger partial charge in [-0.05, 0) is 81.6 Å². The van der Waals surface area contributed by atoms with Crippen LogP contribution in [0.1, 0.15) is 49.7 Å². The monoisotopic (exact) mass is 495 g/mol. The lowest BCUT2D eigenvalue weighted by molar-refractivity contribution is -0.192. The second-order valence-corrected chi connectivity index (χ2v) is 9.26. The zero-order valence-electron chi connectivity index (χ0n) is 19.9. The molecule has 0 unspecified atom stereocenters. The number of ether oxygens (including phenoxy) is 2. The molecule has 2 heterocycles. The summed E-state index contributed by atoms with van der Waals surface area (Å²) in [7, 11) is 1.73. The van der Waals surface area contributed by atoms with E-state index in [2.05, 4.69) is 22.3 Å². The van der Waals surface area contributed by atoms with Gasteiger partial charge in [0.2, 0.25) is 0 Å². The number of carbonyl (C=O) groups is 1. The molecule has 5 rings (SSSR count). The van der Waals surface area contributed by atoms with Gasteiger partial charge in [0.15, 0.2) is 11.5 Å². The molecule has 10 heteroatoms. The highest BCUT2D eigenvalue weighted by Gasteiger charge is 2.38. The van der Waals surface area contributed by atoms with Gasteiger partial charge in [-0.3, -0.25) is 0 Å². The number of hydrogen-bond acceptors (Lipinski definition) is 6. The SMILES string of the molecule is COc1cc2c3c(c(NC4CC4)nc2cc1OCCCN1CCCC1)CCC3.O=C(O)C(F)(F)F. The van der Waals surface area contributed by atoms with Crippen LogP contribution in [0.15, 0.2) is 12.1 Å². The normalized spacial score (nSPS) is 17.6. The number of carboxylic acids is 1. The van der Waals surface area contributed by atoms with Gasteiger partial charge in [-0.15, -0.1) is 0 Å². The smallest absolute Gasteiger partial charge is 0.490 e. The number of anilines is 1. The van der Waals surface area contributed by atoms with Crippen molar-refractivity contribution in [1.29, 1.82) is 0 Å². The van der Waals surface area contributed by atoms with Gasteiger partial charge < -0.3 is 24.8 Å². The number of fused-ring (bicyclic) bond motifs is 3. The maximum Gasteiger partial charge on any atom is 0.490 e. The maximum atomic E-state index is 10.6. The standard InChI is InChI=1S/C23H31N3O2.C2HF3O2/c1-27-21-14-19-17-6-4-7-18(17)23(24-16-8-9-16)25-20(19)15-22(21)28-13-5-12-26-10-2-3-11-26;3-2(4,5)1(6)7/h14-16H,2-13H2,1H3,(H,24,25);(H,6,7). The van der Waals surface area contributed by atoms with Crippen LogP contribution in [-0.2, 0) is 17.6 Å². The second-order valence-electron chi connectivity index (χ2n) is 9.26. The summed E-state index contributed by atoms with van der Waals surface area (Å²) < 4.78 is 43.5. The van der Waals surface area contributed by atoms with Crippen LogP contribution in [0.5, 0.6) is 11.5 Å². The van der Waals surface area contributed by atoms with Gasteiger partial charge in [0.1, 0.15) is 5.82 Å². The van der Waals surface area contributed by atoms with Gasteiger partial charge in [-0.1, -0.05) is 0 Å². The zero-order chi connectivity index (χ0) is 25.0. The van der Waals surface area contributed by atoms with Crippen LogP contribution in [0, 0.1) is 0 Å². The molecule has 1 saturated carbocycles. The number of pyridine rings is 1. The van der Waals surface area contributed by atoms with Crippen LogP contribution in [0.4, 0.5) is 19.0 Å². The molecule has 2 aliphatic carbocycles. The fourth-order valence-corrected chi connectivity index (χ4v) is 4.66. The van der Waals surface area contributed by atoms with Crippen LogP contribution in [0.3, 0.4) is 0 Å². The second kappa shape index (κ2) is 10.9. The molecule has 1 aromatic carbocycles. The molecule has 35 heavy (non-hydrogen) atoms. The molecule has 0 amide bonds. The summed E-state index contributed by atoms with van der Waals surface area (Å²) >= 11 is 0. The number of likely N-dealkylation sites (tertiary alicyclic amines) is 1. The molecule has 3 aliphatic rings. The fraction of sp³-hybridized carbons (Fsp3) is 0.600. The van der Waals surface area contributed by atoms with Gasteiger partial charge in [0.25, 0.3) is 0 Å². The van der Waals surface area contributed by atoms with Crippen molar-refractivity contribution in [3.05, 3.63) is 23.3 Å². The highest BCUT2D eigenvalue weighted by Crippen LogP contribution is 2.40. The number of benzene rings is 1. The molecule has 1 aromatic heterocycles. The van der Waals surface area contributed by atoms with E-state index < -0.39 is 12.1 Å². The molecule has 2 fully saturated rings. The summed E-state index contributed by atoms with van der Waals surface area (Å²) in [5, 5.41) is 12.0. The van der Waals surface area contributed by atoms with Crippen molar-refractivity contribution in [1.82, 2.24) is 9.88 Å². The Hall–Kier alpha value is -2.75. The van der Waals surface area contributed by atoms with Crippen molar-refractivity contribution < 1.29 is 32.5 Å². The number of halogens is 3. The number of nitrogens with one attached hydrogen (secondary N) is 1. The molecule has 2 N–H and O–H groups in total. The fourth-order valence-electron chi connectivity index (χ4n) is 4.66. The summed E-state index contributed by atoms with van der Waals surface area (Å²) in [4.78, 5) is 16.4. The molecule has 192 valence electrons. The quantitative estimate of drug-likeness (QED) is 0.509. The summed E-state index contributed by atoms with van der Waals surface area (Å²) in [6.07, 6.45) is 4.65. The average Bonchev–Trinajstić information content (AvgIpc) is 3.25. The van der Waals surface area contributed by atoms with Crippen molar-refractivity contribution in [2.75, 3.05) is 38.7 Å². The number of carboxylic acid groups (broad SMARTS) is 1. The van der Waals surface area contributed by atoms with Crippen molar-refractivity contribution >= 4 is 22.7 Å². The van der Waals surface area contributed by atoms with E-state index in [1.807, 2.05) is 0 Å². The minimum Gasteiger partial charge on any atom is -0.493 e. The number of nitrogens with zero attached hydrogens (tertiary/aromatic N) is 2. The first-order chi connectivity index (χ1) is 16.8. The van der Waals surface area contributed by atoms with Crippen LogP contribution in [0.25, 0.3) is 10.9 Å². The van der Waals surface area contributed by atoms with Crippen LogP contribution in [-0.4, -0.2) is 66.5 Å². The Labute approximate surface area is 202 Å². The highest BCUT2D eigenvalue weighted by molar-refractivity contribution is 5.89. The summed E-state index contributed by atoms with van der Waals surface area (Å²) in [6, 6.07) is 4.85.